The average molecular weight is 308 g/mol. The van der Waals surface area contributed by atoms with Gasteiger partial charge in [0.05, 0.1) is 0 Å². The van der Waals surface area contributed by atoms with E-state index in [2.05, 4.69) is 36.4 Å². The second-order valence-electron chi connectivity index (χ2n) is 5.65. The molecule has 2 nitrogen and oxygen atoms in total. The van der Waals surface area contributed by atoms with Crippen LogP contribution in [-0.2, 0) is 16.0 Å². The van der Waals surface area contributed by atoms with Gasteiger partial charge in [0.2, 0.25) is 0 Å². The number of ether oxygens (including phenoxy) is 1. The van der Waals surface area contributed by atoms with Gasteiger partial charge in [-0.1, -0.05) is 72.8 Å². The molecule has 0 amide bonds. The third-order valence-electron chi connectivity index (χ3n) is 3.70. The number of esters is 1. The van der Waals surface area contributed by atoms with Crippen molar-refractivity contribution in [2.75, 3.05) is 0 Å². The van der Waals surface area contributed by atoms with E-state index in [9.17, 15) is 4.79 Å². The Morgan fingerprint density at radius 3 is 2.30 bits per heavy atom. The summed E-state index contributed by atoms with van der Waals surface area (Å²) >= 11 is 0. The Labute approximate surface area is 138 Å². The van der Waals surface area contributed by atoms with E-state index in [4.69, 9.17) is 4.74 Å². The second kappa shape index (κ2) is 9.62. The molecule has 2 aromatic carbocycles. The number of hydrogen-bond donors (Lipinski definition) is 0. The molecule has 1 atom stereocenters. The van der Waals surface area contributed by atoms with Crippen LogP contribution in [0.4, 0.5) is 0 Å². The summed E-state index contributed by atoms with van der Waals surface area (Å²) in [6.45, 7) is 1.48. The molecular formula is C21H24O2. The average Bonchev–Trinajstić information content (AvgIpc) is 2.58. The maximum absolute atomic E-state index is 11.3. The first-order valence-corrected chi connectivity index (χ1v) is 8.17. The molecule has 120 valence electrons. The van der Waals surface area contributed by atoms with E-state index in [1.54, 1.807) is 0 Å². The van der Waals surface area contributed by atoms with E-state index in [1.165, 1.54) is 18.1 Å². The fourth-order valence-corrected chi connectivity index (χ4v) is 2.53. The monoisotopic (exact) mass is 308 g/mol. The van der Waals surface area contributed by atoms with Gasteiger partial charge in [0.15, 0.2) is 0 Å². The number of benzene rings is 2. The van der Waals surface area contributed by atoms with Crippen molar-refractivity contribution in [2.24, 2.45) is 0 Å². The number of hydrogen-bond acceptors (Lipinski definition) is 2. The summed E-state index contributed by atoms with van der Waals surface area (Å²) in [5.74, 6) is -0.199. The molecule has 1 unspecified atom stereocenters. The lowest BCUT2D eigenvalue weighted by molar-refractivity contribution is -0.146. The zero-order valence-electron chi connectivity index (χ0n) is 13.7. The minimum atomic E-state index is -0.199. The number of carbonyl (C=O) groups excluding carboxylic acids is 1. The van der Waals surface area contributed by atoms with Gasteiger partial charge in [-0.2, -0.15) is 0 Å². The van der Waals surface area contributed by atoms with Crippen LogP contribution in [0.15, 0.2) is 66.7 Å². The maximum atomic E-state index is 11.3. The Hall–Kier alpha value is -2.35. The largest absolute Gasteiger partial charge is 0.463 e. The molecule has 23 heavy (non-hydrogen) atoms. The van der Waals surface area contributed by atoms with Gasteiger partial charge in [0, 0.05) is 6.92 Å². The van der Waals surface area contributed by atoms with Gasteiger partial charge >= 0.3 is 5.97 Å². The van der Waals surface area contributed by atoms with Crippen molar-refractivity contribution in [2.45, 2.75) is 38.7 Å². The van der Waals surface area contributed by atoms with E-state index in [0.717, 1.165) is 25.7 Å². The van der Waals surface area contributed by atoms with Crippen LogP contribution in [-0.4, -0.2) is 12.1 Å². The molecule has 0 aliphatic rings. The number of rotatable bonds is 8. The Kier molecular flexibility index (Phi) is 7.12. The molecule has 0 saturated carbocycles. The Balaban J connectivity index is 1.81. The Morgan fingerprint density at radius 1 is 1.00 bits per heavy atom. The van der Waals surface area contributed by atoms with Crippen molar-refractivity contribution >= 4 is 12.0 Å². The molecule has 2 aromatic rings. The summed E-state index contributed by atoms with van der Waals surface area (Å²) in [5.41, 5.74) is 2.48. The van der Waals surface area contributed by atoms with Gasteiger partial charge in [-0.3, -0.25) is 4.79 Å². The minimum absolute atomic E-state index is 0.0203. The van der Waals surface area contributed by atoms with Crippen LogP contribution in [0.25, 0.3) is 6.08 Å². The minimum Gasteiger partial charge on any atom is -0.463 e. The predicted octanol–water partition coefficient (Wildman–Crippen LogP) is 5.04. The highest BCUT2D eigenvalue weighted by Crippen LogP contribution is 2.13. The van der Waals surface area contributed by atoms with Gasteiger partial charge in [-0.15, -0.1) is 0 Å². The first-order chi connectivity index (χ1) is 11.2. The molecular weight excluding hydrogens is 284 g/mol. The van der Waals surface area contributed by atoms with Crippen molar-refractivity contribution in [1.82, 2.24) is 0 Å². The Bertz CT molecular complexity index is 602. The zero-order chi connectivity index (χ0) is 16.3. The molecule has 0 radical (unpaired) electrons. The topological polar surface area (TPSA) is 26.3 Å². The van der Waals surface area contributed by atoms with Crippen molar-refractivity contribution in [3.63, 3.8) is 0 Å². The molecule has 0 saturated heterocycles. The van der Waals surface area contributed by atoms with Crippen LogP contribution in [0.5, 0.6) is 0 Å². The summed E-state index contributed by atoms with van der Waals surface area (Å²) in [4.78, 5) is 11.3. The van der Waals surface area contributed by atoms with Gasteiger partial charge in [0.25, 0.3) is 0 Å². The lowest BCUT2D eigenvalue weighted by Gasteiger charge is -2.16. The van der Waals surface area contributed by atoms with Crippen LogP contribution in [0.1, 0.15) is 37.3 Å². The molecule has 0 bridgehead atoms. The van der Waals surface area contributed by atoms with Crippen molar-refractivity contribution < 1.29 is 9.53 Å². The zero-order valence-corrected chi connectivity index (χ0v) is 13.7. The van der Waals surface area contributed by atoms with Crippen LogP contribution in [0, 0.1) is 0 Å². The molecule has 0 aliphatic heterocycles. The highest BCUT2D eigenvalue weighted by Gasteiger charge is 2.11. The molecule has 0 spiro atoms. The second-order valence-corrected chi connectivity index (χ2v) is 5.65. The quantitative estimate of drug-likeness (QED) is 0.638. The standard InChI is InChI=1S/C21H24O2/c1-18(22)23-21(17-16-20-12-6-3-7-13-20)15-9-8-14-19-10-4-2-5-11-19/h2-8,10-14,21H,9,15-17H2,1H3/b14-8+. The molecule has 2 heteroatoms. The molecule has 0 heterocycles. The molecule has 0 fully saturated rings. The third-order valence-corrected chi connectivity index (χ3v) is 3.70. The first-order valence-electron chi connectivity index (χ1n) is 8.17. The summed E-state index contributed by atoms with van der Waals surface area (Å²) in [6, 6.07) is 20.5. The van der Waals surface area contributed by atoms with Gasteiger partial charge in [-0.25, -0.2) is 0 Å². The van der Waals surface area contributed by atoms with E-state index in [-0.39, 0.29) is 12.1 Å². The highest BCUT2D eigenvalue weighted by atomic mass is 16.5. The number of carbonyl (C=O) groups is 1. The fourth-order valence-electron chi connectivity index (χ4n) is 2.53. The summed E-state index contributed by atoms with van der Waals surface area (Å²) in [7, 11) is 0. The number of allylic oxidation sites excluding steroid dienone is 1. The van der Waals surface area contributed by atoms with E-state index in [1.807, 2.05) is 36.4 Å². The fraction of sp³-hybridized carbons (Fsp3) is 0.286. The van der Waals surface area contributed by atoms with Gasteiger partial charge in [0.1, 0.15) is 6.10 Å². The van der Waals surface area contributed by atoms with E-state index >= 15 is 0 Å². The van der Waals surface area contributed by atoms with Gasteiger partial charge in [-0.05, 0) is 36.8 Å². The van der Waals surface area contributed by atoms with Crippen molar-refractivity contribution in [3.8, 4) is 0 Å². The highest BCUT2D eigenvalue weighted by molar-refractivity contribution is 5.66. The van der Waals surface area contributed by atoms with E-state index < -0.39 is 0 Å². The number of aryl methyl sites for hydroxylation is 1. The maximum Gasteiger partial charge on any atom is 0.302 e. The summed E-state index contributed by atoms with van der Waals surface area (Å²) in [6.07, 6.45) is 7.80. The molecule has 0 N–H and O–H groups in total. The summed E-state index contributed by atoms with van der Waals surface area (Å²) < 4.78 is 5.45. The van der Waals surface area contributed by atoms with Crippen molar-refractivity contribution in [3.05, 3.63) is 77.9 Å². The summed E-state index contributed by atoms with van der Waals surface area (Å²) in [5, 5.41) is 0. The normalized spacial score (nSPS) is 12.2. The van der Waals surface area contributed by atoms with Crippen molar-refractivity contribution in [1.29, 1.82) is 0 Å². The smallest absolute Gasteiger partial charge is 0.302 e. The van der Waals surface area contributed by atoms with E-state index in [0.29, 0.717) is 0 Å². The third kappa shape index (κ3) is 6.96. The van der Waals surface area contributed by atoms with Crippen LogP contribution in [0.2, 0.25) is 0 Å². The molecule has 0 aromatic heterocycles. The van der Waals surface area contributed by atoms with Gasteiger partial charge < -0.3 is 4.74 Å². The Morgan fingerprint density at radius 2 is 1.65 bits per heavy atom. The van der Waals surface area contributed by atoms with Crippen LogP contribution >= 0.6 is 0 Å². The lowest BCUT2D eigenvalue weighted by atomic mass is 10.0. The first kappa shape index (κ1) is 17.0. The van der Waals surface area contributed by atoms with Crippen LogP contribution in [0.3, 0.4) is 0 Å². The molecule has 2 rings (SSSR count). The molecule has 0 aliphatic carbocycles. The SMILES string of the molecule is CC(=O)OC(CC/C=C/c1ccccc1)CCc1ccccc1. The lowest BCUT2D eigenvalue weighted by Crippen LogP contribution is -2.17. The van der Waals surface area contributed by atoms with Crippen LogP contribution < -0.4 is 0 Å². The predicted molar refractivity (Wildman–Crippen MR) is 95.0 cm³/mol.